The summed E-state index contributed by atoms with van der Waals surface area (Å²) in [6.07, 6.45) is 0.525. The van der Waals surface area contributed by atoms with E-state index in [1.54, 1.807) is 43.5 Å². The van der Waals surface area contributed by atoms with Gasteiger partial charge in [-0.2, -0.15) is 0 Å². The number of hydrogen-bond donors (Lipinski definition) is 0. The van der Waals surface area contributed by atoms with Crippen molar-refractivity contribution in [1.82, 2.24) is 9.59 Å². The summed E-state index contributed by atoms with van der Waals surface area (Å²) in [7, 11) is -0.695. The minimum atomic E-state index is -3.76. The lowest BCUT2D eigenvalue weighted by molar-refractivity contribution is 0.355. The molecule has 0 atom stereocenters. The molecule has 0 fully saturated rings. The van der Waals surface area contributed by atoms with Gasteiger partial charge in [0.05, 0.1) is 29.7 Å². The van der Waals surface area contributed by atoms with Crippen molar-refractivity contribution in [2.75, 3.05) is 25.1 Å². The zero-order valence-corrected chi connectivity index (χ0v) is 17.3. The molecule has 28 heavy (non-hydrogen) atoms. The van der Waals surface area contributed by atoms with Crippen LogP contribution in [0.15, 0.2) is 41.3 Å². The second-order valence-electron chi connectivity index (χ2n) is 6.41. The predicted molar refractivity (Wildman–Crippen MR) is 108 cm³/mol. The molecular formula is C19H19N3O4S2. The van der Waals surface area contributed by atoms with E-state index in [-0.39, 0.29) is 11.4 Å². The quantitative estimate of drug-likeness (QED) is 0.648. The first kappa shape index (κ1) is 18.7. The lowest BCUT2D eigenvalue weighted by atomic mass is 10.1. The van der Waals surface area contributed by atoms with E-state index in [2.05, 4.69) is 9.59 Å². The molecule has 7 nitrogen and oxygen atoms in total. The van der Waals surface area contributed by atoms with Crippen molar-refractivity contribution >= 4 is 27.2 Å². The molecule has 0 bridgehead atoms. The van der Waals surface area contributed by atoms with Crippen molar-refractivity contribution in [2.24, 2.45) is 0 Å². The zero-order valence-electron chi connectivity index (χ0n) is 15.7. The van der Waals surface area contributed by atoms with Crippen LogP contribution >= 0.6 is 11.5 Å². The van der Waals surface area contributed by atoms with Crippen molar-refractivity contribution in [3.63, 3.8) is 0 Å². The van der Waals surface area contributed by atoms with Crippen LogP contribution in [0.1, 0.15) is 10.4 Å². The Balaban J connectivity index is 1.94. The Kier molecular flexibility index (Phi) is 4.72. The summed E-state index contributed by atoms with van der Waals surface area (Å²) in [4.78, 5) is 1.19. The normalized spacial score (nSPS) is 13.5. The lowest BCUT2D eigenvalue weighted by Gasteiger charge is -2.25. The highest BCUT2D eigenvalue weighted by Gasteiger charge is 2.32. The van der Waals surface area contributed by atoms with Crippen LogP contribution in [0.5, 0.6) is 11.5 Å². The van der Waals surface area contributed by atoms with Gasteiger partial charge in [-0.15, -0.1) is 5.10 Å². The Labute approximate surface area is 167 Å². The second-order valence-corrected chi connectivity index (χ2v) is 9.11. The largest absolute Gasteiger partial charge is 0.493 e. The Morgan fingerprint density at radius 1 is 1.07 bits per heavy atom. The van der Waals surface area contributed by atoms with Crippen molar-refractivity contribution in [1.29, 1.82) is 0 Å². The van der Waals surface area contributed by atoms with Gasteiger partial charge >= 0.3 is 0 Å². The molecule has 0 N–H and O–H groups in total. The second kappa shape index (κ2) is 7.06. The minimum absolute atomic E-state index is 0.246. The number of nitrogens with zero attached hydrogens (tertiary/aromatic N) is 3. The lowest BCUT2D eigenvalue weighted by Crippen LogP contribution is -2.32. The Bertz CT molecular complexity index is 1120. The van der Waals surface area contributed by atoms with Crippen LogP contribution in [0, 0.1) is 6.92 Å². The van der Waals surface area contributed by atoms with Gasteiger partial charge in [-0.05, 0) is 36.7 Å². The standard InChI is InChI=1S/C19H19N3O4S2/c1-12-4-6-13(7-5-12)28(23,24)22-9-8-18-19(20-21-27-18)14-10-16(25-2)17(26-3)11-15(14)22/h4-7,10-11H,8-9H2,1-3H3. The van der Waals surface area contributed by atoms with Gasteiger partial charge in [0.2, 0.25) is 0 Å². The number of anilines is 1. The minimum Gasteiger partial charge on any atom is -0.493 e. The number of hydrogen-bond acceptors (Lipinski definition) is 7. The highest BCUT2D eigenvalue weighted by molar-refractivity contribution is 7.92. The summed E-state index contributed by atoms with van der Waals surface area (Å²) in [5, 5.41) is 4.24. The molecular weight excluding hydrogens is 398 g/mol. The van der Waals surface area contributed by atoms with Gasteiger partial charge in [-0.1, -0.05) is 22.2 Å². The molecule has 9 heteroatoms. The maximum absolute atomic E-state index is 13.5. The molecule has 2 heterocycles. The van der Waals surface area contributed by atoms with E-state index in [9.17, 15) is 8.42 Å². The molecule has 1 aliphatic rings. The number of aryl methyl sites for hydroxylation is 1. The van der Waals surface area contributed by atoms with Crippen molar-refractivity contribution in [2.45, 2.75) is 18.2 Å². The molecule has 146 valence electrons. The molecule has 0 saturated heterocycles. The van der Waals surface area contributed by atoms with E-state index >= 15 is 0 Å². The van der Waals surface area contributed by atoms with Crippen LogP contribution in [0.3, 0.4) is 0 Å². The fourth-order valence-electron chi connectivity index (χ4n) is 3.25. The highest BCUT2D eigenvalue weighted by Crippen LogP contribution is 2.44. The van der Waals surface area contributed by atoms with Crippen LogP contribution < -0.4 is 13.8 Å². The van der Waals surface area contributed by atoms with Gasteiger partial charge in [-0.25, -0.2) is 8.42 Å². The molecule has 4 rings (SSSR count). The Morgan fingerprint density at radius 3 is 2.43 bits per heavy atom. The first-order valence-electron chi connectivity index (χ1n) is 8.62. The third-order valence-corrected chi connectivity index (χ3v) is 7.34. The Morgan fingerprint density at radius 2 is 1.75 bits per heavy atom. The van der Waals surface area contributed by atoms with Crippen LogP contribution in [0.25, 0.3) is 11.3 Å². The van der Waals surface area contributed by atoms with Crippen molar-refractivity contribution < 1.29 is 17.9 Å². The van der Waals surface area contributed by atoms with Crippen molar-refractivity contribution in [3.05, 3.63) is 46.8 Å². The number of benzene rings is 2. The SMILES string of the molecule is COc1cc2c(cc1OC)N(S(=O)(=O)c1ccc(C)cc1)CCc1snnc1-2. The smallest absolute Gasteiger partial charge is 0.264 e. The average molecular weight is 418 g/mol. The first-order chi connectivity index (χ1) is 13.5. The number of fused-ring (bicyclic) bond motifs is 3. The monoisotopic (exact) mass is 417 g/mol. The van der Waals surface area contributed by atoms with Crippen LogP contribution in [-0.2, 0) is 16.4 Å². The zero-order chi connectivity index (χ0) is 19.9. The molecule has 0 saturated carbocycles. The maximum atomic E-state index is 13.5. The van der Waals surface area contributed by atoms with Gasteiger partial charge in [0.25, 0.3) is 10.0 Å². The molecule has 1 aliphatic heterocycles. The van der Waals surface area contributed by atoms with E-state index < -0.39 is 10.0 Å². The average Bonchev–Trinajstić information content (AvgIpc) is 3.10. The topological polar surface area (TPSA) is 81.6 Å². The molecule has 0 aliphatic carbocycles. The van der Waals surface area contributed by atoms with E-state index in [1.807, 2.05) is 6.92 Å². The van der Waals surface area contributed by atoms with Gasteiger partial charge in [-0.3, -0.25) is 4.31 Å². The Hall–Kier alpha value is -2.65. The van der Waals surface area contributed by atoms with E-state index in [1.165, 1.54) is 22.9 Å². The number of sulfonamides is 1. The predicted octanol–water partition coefficient (Wildman–Crippen LogP) is 3.28. The molecule has 2 aromatic carbocycles. The van der Waals surface area contributed by atoms with Gasteiger partial charge in [0.1, 0.15) is 5.69 Å². The number of ether oxygens (including phenoxy) is 2. The summed E-state index contributed by atoms with van der Waals surface area (Å²) < 4.78 is 43.2. The van der Waals surface area contributed by atoms with Crippen LogP contribution in [0.2, 0.25) is 0 Å². The number of methoxy groups -OCH3 is 2. The summed E-state index contributed by atoms with van der Waals surface area (Å²) in [5.74, 6) is 0.965. The third kappa shape index (κ3) is 3.00. The van der Waals surface area contributed by atoms with E-state index in [0.29, 0.717) is 34.9 Å². The first-order valence-corrected chi connectivity index (χ1v) is 10.8. The molecule has 3 aromatic rings. The fraction of sp³-hybridized carbons (Fsp3) is 0.263. The van der Waals surface area contributed by atoms with E-state index in [4.69, 9.17) is 9.47 Å². The third-order valence-electron chi connectivity index (χ3n) is 4.73. The fourth-order valence-corrected chi connectivity index (χ4v) is 5.37. The molecule has 0 unspecified atom stereocenters. The molecule has 0 spiro atoms. The van der Waals surface area contributed by atoms with Crippen LogP contribution in [0.4, 0.5) is 5.69 Å². The summed E-state index contributed by atoms with van der Waals surface area (Å²) in [6.45, 7) is 2.21. The van der Waals surface area contributed by atoms with Gasteiger partial charge < -0.3 is 9.47 Å². The summed E-state index contributed by atoms with van der Waals surface area (Å²) in [6, 6.07) is 10.3. The van der Waals surface area contributed by atoms with Crippen LogP contribution in [-0.4, -0.2) is 38.8 Å². The van der Waals surface area contributed by atoms with Gasteiger partial charge in [0.15, 0.2) is 11.5 Å². The maximum Gasteiger partial charge on any atom is 0.264 e. The summed E-state index contributed by atoms with van der Waals surface area (Å²) in [5.41, 5.74) is 2.85. The van der Waals surface area contributed by atoms with Crippen molar-refractivity contribution in [3.8, 4) is 22.8 Å². The number of aromatic nitrogens is 2. The number of rotatable bonds is 4. The summed E-state index contributed by atoms with van der Waals surface area (Å²) >= 11 is 1.28. The highest BCUT2D eigenvalue weighted by atomic mass is 32.2. The molecule has 0 amide bonds. The molecule has 1 aromatic heterocycles. The van der Waals surface area contributed by atoms with E-state index in [0.717, 1.165) is 10.4 Å². The molecule has 0 radical (unpaired) electrons. The van der Waals surface area contributed by atoms with Gasteiger partial charge in [0, 0.05) is 24.6 Å².